The fourth-order valence-corrected chi connectivity index (χ4v) is 2.49. The van der Waals surface area contributed by atoms with Gasteiger partial charge in [0.1, 0.15) is 6.04 Å². The molecule has 1 unspecified atom stereocenters. The molecule has 2 N–H and O–H groups in total. The molecule has 1 amide bonds. The number of hydrogen-bond acceptors (Lipinski definition) is 4. The van der Waals surface area contributed by atoms with E-state index >= 15 is 0 Å². The summed E-state index contributed by atoms with van der Waals surface area (Å²) in [5, 5.41) is 5.70. The van der Waals surface area contributed by atoms with E-state index in [1.807, 2.05) is 6.07 Å². The minimum absolute atomic E-state index is 0.109. The molecule has 1 atom stereocenters. The summed E-state index contributed by atoms with van der Waals surface area (Å²) < 4.78 is 35.2. The molecule has 0 saturated heterocycles. The average molecular weight is 415 g/mol. The molecule has 0 spiro atoms. The van der Waals surface area contributed by atoms with Crippen molar-refractivity contribution in [2.45, 2.75) is 19.6 Å². The van der Waals surface area contributed by atoms with Crippen molar-refractivity contribution >= 4 is 33.2 Å². The van der Waals surface area contributed by atoms with Gasteiger partial charge in [-0.3, -0.25) is 4.79 Å². The lowest BCUT2D eigenvalue weighted by atomic mass is 10.2. The molecule has 25 heavy (non-hydrogen) atoms. The van der Waals surface area contributed by atoms with E-state index in [1.165, 1.54) is 19.2 Å². The van der Waals surface area contributed by atoms with Gasteiger partial charge in [-0.2, -0.15) is 8.78 Å². The van der Waals surface area contributed by atoms with E-state index in [9.17, 15) is 13.6 Å². The Labute approximate surface area is 152 Å². The van der Waals surface area contributed by atoms with Crippen molar-refractivity contribution in [1.29, 1.82) is 0 Å². The standard InChI is InChI=1S/C17H17BrF2N2O3/c1-10(16(23)22-12-5-3-4-11(18)8-12)21-13-6-7-14(24-2)15(9-13)25-17(19)20/h3-10,17,21H,1-2H3,(H,22,23). The van der Waals surface area contributed by atoms with Crippen molar-refractivity contribution in [2.24, 2.45) is 0 Å². The monoisotopic (exact) mass is 414 g/mol. The molecule has 0 aromatic heterocycles. The van der Waals surface area contributed by atoms with Crippen LogP contribution in [0.1, 0.15) is 6.92 Å². The minimum Gasteiger partial charge on any atom is -0.493 e. The molecule has 0 aliphatic rings. The van der Waals surface area contributed by atoms with E-state index in [-0.39, 0.29) is 17.4 Å². The zero-order valence-electron chi connectivity index (χ0n) is 13.6. The number of amides is 1. The second-order valence-corrected chi connectivity index (χ2v) is 6.03. The molecule has 0 heterocycles. The summed E-state index contributed by atoms with van der Waals surface area (Å²) in [4.78, 5) is 12.2. The van der Waals surface area contributed by atoms with Gasteiger partial charge in [0.2, 0.25) is 5.91 Å². The molecule has 0 radical (unpaired) electrons. The maximum Gasteiger partial charge on any atom is 0.387 e. The number of benzene rings is 2. The summed E-state index contributed by atoms with van der Waals surface area (Å²) in [6.07, 6.45) is 0. The third-order valence-corrected chi connectivity index (χ3v) is 3.74. The van der Waals surface area contributed by atoms with E-state index < -0.39 is 12.7 Å². The molecule has 2 aromatic rings. The Morgan fingerprint density at radius 3 is 2.52 bits per heavy atom. The Hall–Kier alpha value is -2.35. The molecule has 8 heteroatoms. The van der Waals surface area contributed by atoms with Crippen LogP contribution < -0.4 is 20.1 Å². The van der Waals surface area contributed by atoms with E-state index in [0.717, 1.165) is 4.47 Å². The van der Waals surface area contributed by atoms with Crippen LogP contribution >= 0.6 is 15.9 Å². The van der Waals surface area contributed by atoms with Crippen molar-refractivity contribution in [2.75, 3.05) is 17.7 Å². The van der Waals surface area contributed by atoms with Crippen LogP contribution in [0, 0.1) is 0 Å². The van der Waals surface area contributed by atoms with Crippen LogP contribution in [0.3, 0.4) is 0 Å². The smallest absolute Gasteiger partial charge is 0.387 e. The molecule has 2 aromatic carbocycles. The second-order valence-electron chi connectivity index (χ2n) is 5.11. The van der Waals surface area contributed by atoms with Crippen molar-refractivity contribution in [3.8, 4) is 11.5 Å². The van der Waals surface area contributed by atoms with Crippen LogP contribution in [0.5, 0.6) is 11.5 Å². The van der Waals surface area contributed by atoms with Gasteiger partial charge in [0.15, 0.2) is 11.5 Å². The third-order valence-electron chi connectivity index (χ3n) is 3.25. The highest BCUT2D eigenvalue weighted by molar-refractivity contribution is 9.10. The van der Waals surface area contributed by atoms with Crippen molar-refractivity contribution in [1.82, 2.24) is 0 Å². The molecule has 0 aliphatic heterocycles. The highest BCUT2D eigenvalue weighted by Gasteiger charge is 2.16. The molecule has 0 aliphatic carbocycles. The Morgan fingerprint density at radius 1 is 1.12 bits per heavy atom. The Morgan fingerprint density at radius 2 is 1.88 bits per heavy atom. The van der Waals surface area contributed by atoms with Crippen molar-refractivity contribution in [3.05, 3.63) is 46.9 Å². The Balaban J connectivity index is 2.06. The van der Waals surface area contributed by atoms with E-state index in [0.29, 0.717) is 11.4 Å². The van der Waals surface area contributed by atoms with Crippen LogP contribution in [-0.2, 0) is 4.79 Å². The summed E-state index contributed by atoms with van der Waals surface area (Å²) in [6.45, 7) is -1.31. The van der Waals surface area contributed by atoms with Gasteiger partial charge in [0.05, 0.1) is 7.11 Å². The highest BCUT2D eigenvalue weighted by Crippen LogP contribution is 2.31. The van der Waals surface area contributed by atoms with Gasteiger partial charge < -0.3 is 20.1 Å². The quantitative estimate of drug-likeness (QED) is 0.700. The molecule has 0 saturated carbocycles. The molecular formula is C17H17BrF2N2O3. The normalized spacial score (nSPS) is 11.8. The van der Waals surface area contributed by atoms with Gasteiger partial charge in [-0.25, -0.2) is 0 Å². The third kappa shape index (κ3) is 5.60. The summed E-state index contributed by atoms with van der Waals surface area (Å²) >= 11 is 3.33. The van der Waals surface area contributed by atoms with E-state index in [4.69, 9.17) is 4.74 Å². The number of anilines is 2. The summed E-state index contributed by atoms with van der Waals surface area (Å²) in [5.74, 6) is -0.204. The van der Waals surface area contributed by atoms with E-state index in [1.54, 1.807) is 31.2 Å². The molecule has 5 nitrogen and oxygen atoms in total. The van der Waals surface area contributed by atoms with Crippen LogP contribution in [-0.4, -0.2) is 25.7 Å². The number of carbonyl (C=O) groups is 1. The first-order chi connectivity index (χ1) is 11.9. The van der Waals surface area contributed by atoms with Gasteiger partial charge in [0.25, 0.3) is 0 Å². The lowest BCUT2D eigenvalue weighted by Crippen LogP contribution is -2.31. The zero-order chi connectivity index (χ0) is 18.4. The van der Waals surface area contributed by atoms with Crippen LogP contribution in [0.25, 0.3) is 0 Å². The maximum absolute atomic E-state index is 12.5. The zero-order valence-corrected chi connectivity index (χ0v) is 15.1. The largest absolute Gasteiger partial charge is 0.493 e. The first-order valence-electron chi connectivity index (χ1n) is 7.35. The van der Waals surface area contributed by atoms with Gasteiger partial charge in [-0.05, 0) is 37.3 Å². The van der Waals surface area contributed by atoms with Crippen LogP contribution in [0.2, 0.25) is 0 Å². The number of nitrogens with one attached hydrogen (secondary N) is 2. The fraction of sp³-hybridized carbons (Fsp3) is 0.235. The maximum atomic E-state index is 12.5. The average Bonchev–Trinajstić information content (AvgIpc) is 2.54. The number of methoxy groups -OCH3 is 1. The lowest BCUT2D eigenvalue weighted by molar-refractivity contribution is -0.116. The molecule has 0 fully saturated rings. The minimum atomic E-state index is -2.97. The SMILES string of the molecule is COc1ccc(NC(C)C(=O)Nc2cccc(Br)c2)cc1OC(F)F. The summed E-state index contributed by atoms with van der Waals surface area (Å²) in [6, 6.07) is 11.0. The molecular weight excluding hydrogens is 398 g/mol. The molecule has 0 bridgehead atoms. The fourth-order valence-electron chi connectivity index (χ4n) is 2.09. The Kier molecular flexibility index (Phi) is 6.58. The van der Waals surface area contributed by atoms with Gasteiger partial charge in [-0.15, -0.1) is 0 Å². The number of hydrogen-bond donors (Lipinski definition) is 2. The predicted octanol–water partition coefficient (Wildman–Crippen LogP) is 4.50. The van der Waals surface area contributed by atoms with Gasteiger partial charge in [0, 0.05) is 21.9 Å². The number of halogens is 3. The molecule has 134 valence electrons. The number of alkyl halides is 2. The molecule has 2 rings (SSSR count). The number of rotatable bonds is 7. The topological polar surface area (TPSA) is 59.6 Å². The first kappa shape index (κ1) is 19.0. The summed E-state index contributed by atoms with van der Waals surface area (Å²) in [7, 11) is 1.36. The lowest BCUT2D eigenvalue weighted by Gasteiger charge is -2.17. The highest BCUT2D eigenvalue weighted by atomic mass is 79.9. The second kappa shape index (κ2) is 8.66. The van der Waals surface area contributed by atoms with E-state index in [2.05, 4.69) is 31.3 Å². The van der Waals surface area contributed by atoms with Crippen LogP contribution in [0.4, 0.5) is 20.2 Å². The van der Waals surface area contributed by atoms with Crippen molar-refractivity contribution in [3.63, 3.8) is 0 Å². The van der Waals surface area contributed by atoms with Gasteiger partial charge in [-0.1, -0.05) is 22.0 Å². The van der Waals surface area contributed by atoms with Crippen LogP contribution in [0.15, 0.2) is 46.9 Å². The first-order valence-corrected chi connectivity index (χ1v) is 8.14. The summed E-state index contributed by atoms with van der Waals surface area (Å²) in [5.41, 5.74) is 1.10. The van der Waals surface area contributed by atoms with Crippen molar-refractivity contribution < 1.29 is 23.0 Å². The predicted molar refractivity (Wildman–Crippen MR) is 95.5 cm³/mol. The Bertz CT molecular complexity index is 744. The van der Waals surface area contributed by atoms with Gasteiger partial charge >= 0.3 is 6.61 Å². The number of carbonyl (C=O) groups excluding carboxylic acids is 1. The number of ether oxygens (including phenoxy) is 2.